The van der Waals surface area contributed by atoms with Crippen LogP contribution in [0.25, 0.3) is 0 Å². The summed E-state index contributed by atoms with van der Waals surface area (Å²) in [5, 5.41) is 0. The van der Waals surface area contributed by atoms with E-state index in [1.807, 2.05) is 29.7 Å². The van der Waals surface area contributed by atoms with E-state index in [1.165, 1.54) is 5.56 Å². The average Bonchev–Trinajstić information content (AvgIpc) is 3.12. The van der Waals surface area contributed by atoms with Crippen molar-refractivity contribution in [1.29, 1.82) is 0 Å². The van der Waals surface area contributed by atoms with Crippen molar-refractivity contribution >= 4 is 17.5 Å². The molecular formula is C25H30N2O2. The van der Waals surface area contributed by atoms with Crippen molar-refractivity contribution in [2.75, 3.05) is 24.5 Å². The third kappa shape index (κ3) is 4.36. The highest BCUT2D eigenvalue weighted by molar-refractivity contribution is 6.00. The molecule has 0 bridgehead atoms. The molecule has 0 aromatic heterocycles. The van der Waals surface area contributed by atoms with Gasteiger partial charge in [-0.25, -0.2) is 0 Å². The Kier molecular flexibility index (Phi) is 5.70. The lowest BCUT2D eigenvalue weighted by Crippen LogP contribution is -2.42. The number of nitrogens with zero attached hydrogens (tertiary/aromatic N) is 2. The maximum atomic E-state index is 13.1. The molecule has 152 valence electrons. The number of piperidine rings is 1. The molecule has 4 heteroatoms. The van der Waals surface area contributed by atoms with Crippen LogP contribution in [0.1, 0.15) is 36.0 Å². The van der Waals surface area contributed by atoms with E-state index in [-0.39, 0.29) is 17.7 Å². The molecule has 2 aromatic rings. The van der Waals surface area contributed by atoms with Gasteiger partial charge in [0, 0.05) is 31.7 Å². The molecule has 4 rings (SSSR count). The maximum absolute atomic E-state index is 13.1. The first-order valence-electron chi connectivity index (χ1n) is 10.7. The van der Waals surface area contributed by atoms with Crippen LogP contribution in [0.2, 0.25) is 0 Å². The number of rotatable bonds is 4. The number of carbonyl (C=O) groups excluding carboxylic acids is 2. The first-order chi connectivity index (χ1) is 14.0. The van der Waals surface area contributed by atoms with Gasteiger partial charge in [-0.15, -0.1) is 0 Å². The maximum Gasteiger partial charge on any atom is 0.228 e. The lowest BCUT2D eigenvalue weighted by Gasteiger charge is -2.33. The van der Waals surface area contributed by atoms with Gasteiger partial charge < -0.3 is 9.80 Å². The molecular weight excluding hydrogens is 360 g/mol. The molecule has 0 N–H and O–H groups in total. The fourth-order valence-electron chi connectivity index (χ4n) is 4.68. The number of aryl methyl sites for hydroxylation is 2. The number of hydrogen-bond acceptors (Lipinski definition) is 2. The van der Waals surface area contributed by atoms with Crippen LogP contribution in [0.4, 0.5) is 5.69 Å². The quantitative estimate of drug-likeness (QED) is 0.787. The average molecular weight is 391 g/mol. The SMILES string of the molecule is Cc1ccc(C)c(N2CC(C(=O)N3CCC(Cc4ccccc4)CC3)CC2=O)c1. The zero-order valence-electron chi connectivity index (χ0n) is 17.4. The Hall–Kier alpha value is -2.62. The van der Waals surface area contributed by atoms with E-state index in [9.17, 15) is 9.59 Å². The van der Waals surface area contributed by atoms with Crippen LogP contribution in [0.5, 0.6) is 0 Å². The molecule has 1 unspecified atom stereocenters. The van der Waals surface area contributed by atoms with Crippen molar-refractivity contribution in [3.05, 3.63) is 65.2 Å². The number of likely N-dealkylation sites (tertiary alicyclic amines) is 1. The standard InChI is InChI=1S/C25H30N2O2/c1-18-8-9-19(2)23(14-18)27-17-22(16-24(27)28)25(29)26-12-10-21(11-13-26)15-20-6-4-3-5-7-20/h3-9,14,21-22H,10-13,15-17H2,1-2H3. The van der Waals surface area contributed by atoms with Gasteiger partial charge in [-0.05, 0) is 61.8 Å². The van der Waals surface area contributed by atoms with E-state index in [2.05, 4.69) is 42.5 Å². The second kappa shape index (κ2) is 8.40. The predicted octanol–water partition coefficient (Wildman–Crippen LogP) is 4.14. The lowest BCUT2D eigenvalue weighted by molar-refractivity contribution is -0.137. The lowest BCUT2D eigenvalue weighted by atomic mass is 9.89. The van der Waals surface area contributed by atoms with Crippen molar-refractivity contribution in [3.8, 4) is 0 Å². The van der Waals surface area contributed by atoms with Gasteiger partial charge in [0.15, 0.2) is 0 Å². The fourth-order valence-corrected chi connectivity index (χ4v) is 4.68. The number of hydrogen-bond donors (Lipinski definition) is 0. The first kappa shape index (κ1) is 19.7. The van der Waals surface area contributed by atoms with Gasteiger partial charge in [0.05, 0.1) is 5.92 Å². The van der Waals surface area contributed by atoms with Gasteiger partial charge in [-0.1, -0.05) is 42.5 Å². The summed E-state index contributed by atoms with van der Waals surface area (Å²) in [5.41, 5.74) is 4.54. The molecule has 1 atom stereocenters. The summed E-state index contributed by atoms with van der Waals surface area (Å²) in [6, 6.07) is 16.8. The molecule has 2 saturated heterocycles. The van der Waals surface area contributed by atoms with Crippen molar-refractivity contribution in [2.45, 2.75) is 39.5 Å². The molecule has 2 heterocycles. The van der Waals surface area contributed by atoms with Crippen LogP contribution < -0.4 is 4.90 Å². The Morgan fingerprint density at radius 2 is 1.76 bits per heavy atom. The van der Waals surface area contributed by atoms with Crippen LogP contribution in [0.3, 0.4) is 0 Å². The molecule has 2 aliphatic heterocycles. The second-order valence-corrected chi connectivity index (χ2v) is 8.65. The smallest absolute Gasteiger partial charge is 0.228 e. The Balaban J connectivity index is 1.35. The Bertz CT molecular complexity index is 885. The fraction of sp³-hybridized carbons (Fsp3) is 0.440. The predicted molar refractivity (Wildman–Crippen MR) is 116 cm³/mol. The largest absolute Gasteiger partial charge is 0.342 e. The van der Waals surface area contributed by atoms with E-state index < -0.39 is 0 Å². The first-order valence-corrected chi connectivity index (χ1v) is 10.7. The van der Waals surface area contributed by atoms with Crippen LogP contribution in [-0.4, -0.2) is 36.3 Å². The van der Waals surface area contributed by atoms with Gasteiger partial charge in [-0.2, -0.15) is 0 Å². The third-order valence-corrected chi connectivity index (χ3v) is 6.42. The highest BCUT2D eigenvalue weighted by atomic mass is 16.2. The van der Waals surface area contributed by atoms with E-state index in [1.54, 1.807) is 0 Å². The summed E-state index contributed by atoms with van der Waals surface area (Å²) >= 11 is 0. The molecule has 2 amide bonds. The van der Waals surface area contributed by atoms with Gasteiger partial charge in [-0.3, -0.25) is 9.59 Å². The highest BCUT2D eigenvalue weighted by Gasteiger charge is 2.38. The summed E-state index contributed by atoms with van der Waals surface area (Å²) in [5.74, 6) is 0.645. The van der Waals surface area contributed by atoms with E-state index in [0.717, 1.165) is 49.2 Å². The highest BCUT2D eigenvalue weighted by Crippen LogP contribution is 2.31. The minimum atomic E-state index is -0.215. The minimum absolute atomic E-state index is 0.0658. The van der Waals surface area contributed by atoms with E-state index >= 15 is 0 Å². The van der Waals surface area contributed by atoms with E-state index in [4.69, 9.17) is 0 Å². The Morgan fingerprint density at radius 1 is 1.03 bits per heavy atom. The summed E-state index contributed by atoms with van der Waals surface area (Å²) in [6.07, 6.45) is 3.51. The molecule has 2 fully saturated rings. The van der Waals surface area contributed by atoms with Crippen molar-refractivity contribution < 1.29 is 9.59 Å². The molecule has 0 aliphatic carbocycles. The zero-order chi connectivity index (χ0) is 20.4. The van der Waals surface area contributed by atoms with Crippen LogP contribution in [0, 0.1) is 25.7 Å². The van der Waals surface area contributed by atoms with Crippen molar-refractivity contribution in [2.24, 2.45) is 11.8 Å². The molecule has 2 aromatic carbocycles. The monoisotopic (exact) mass is 390 g/mol. The topological polar surface area (TPSA) is 40.6 Å². The second-order valence-electron chi connectivity index (χ2n) is 8.65. The molecule has 0 spiro atoms. The molecule has 2 aliphatic rings. The molecule has 0 radical (unpaired) electrons. The summed E-state index contributed by atoms with van der Waals surface area (Å²) in [6.45, 7) is 6.18. The number of anilines is 1. The summed E-state index contributed by atoms with van der Waals surface area (Å²) in [7, 11) is 0. The molecule has 4 nitrogen and oxygen atoms in total. The van der Waals surface area contributed by atoms with Crippen molar-refractivity contribution in [3.63, 3.8) is 0 Å². The van der Waals surface area contributed by atoms with Gasteiger partial charge in [0.1, 0.15) is 0 Å². The number of amides is 2. The van der Waals surface area contributed by atoms with Crippen LogP contribution in [0.15, 0.2) is 48.5 Å². The van der Waals surface area contributed by atoms with Crippen LogP contribution >= 0.6 is 0 Å². The number of carbonyl (C=O) groups is 2. The van der Waals surface area contributed by atoms with Crippen molar-refractivity contribution in [1.82, 2.24) is 4.90 Å². The minimum Gasteiger partial charge on any atom is -0.342 e. The molecule has 0 saturated carbocycles. The van der Waals surface area contributed by atoms with Gasteiger partial charge in [0.25, 0.3) is 0 Å². The van der Waals surface area contributed by atoms with Gasteiger partial charge >= 0.3 is 0 Å². The van der Waals surface area contributed by atoms with Gasteiger partial charge in [0.2, 0.25) is 11.8 Å². The normalized spacial score (nSPS) is 20.3. The van der Waals surface area contributed by atoms with E-state index in [0.29, 0.717) is 18.9 Å². The third-order valence-electron chi connectivity index (χ3n) is 6.42. The Labute approximate surface area is 173 Å². The summed E-state index contributed by atoms with van der Waals surface area (Å²) < 4.78 is 0. The van der Waals surface area contributed by atoms with Crippen LogP contribution in [-0.2, 0) is 16.0 Å². The molecule has 29 heavy (non-hydrogen) atoms. The Morgan fingerprint density at radius 3 is 2.48 bits per heavy atom. The summed E-state index contributed by atoms with van der Waals surface area (Å²) in [4.78, 5) is 29.5. The number of benzene rings is 2. The zero-order valence-corrected chi connectivity index (χ0v) is 17.4.